The molecule has 1 heterocycles. The Morgan fingerprint density at radius 1 is 1.23 bits per heavy atom. The van der Waals surface area contributed by atoms with Gasteiger partial charge in [-0.3, -0.25) is 9.59 Å². The van der Waals surface area contributed by atoms with E-state index in [1.807, 2.05) is 18.2 Å². The van der Waals surface area contributed by atoms with Crippen molar-refractivity contribution in [3.63, 3.8) is 0 Å². The number of benzene rings is 1. The number of hydrogen-bond donors (Lipinski definition) is 0. The molecule has 4 nitrogen and oxygen atoms in total. The van der Waals surface area contributed by atoms with Crippen LogP contribution in [0.1, 0.15) is 43.5 Å². The van der Waals surface area contributed by atoms with Gasteiger partial charge in [0.25, 0.3) is 0 Å². The molecule has 3 atom stereocenters. The molecule has 1 aromatic rings. The second kappa shape index (κ2) is 5.84. The molecule has 0 N–H and O–H groups in total. The van der Waals surface area contributed by atoms with Gasteiger partial charge in [0.05, 0.1) is 12.5 Å². The molecule has 1 saturated carbocycles. The van der Waals surface area contributed by atoms with Crippen molar-refractivity contribution in [3.8, 4) is 0 Å². The third-order valence-corrected chi connectivity index (χ3v) is 4.90. The first-order chi connectivity index (χ1) is 10.5. The number of rotatable bonds is 5. The Balaban J connectivity index is 1.50. The largest absolute Gasteiger partial charge is 0.461 e. The number of fused-ring (bicyclic) bond motifs is 1. The van der Waals surface area contributed by atoms with Gasteiger partial charge < -0.3 is 9.47 Å². The van der Waals surface area contributed by atoms with Crippen molar-refractivity contribution in [2.75, 3.05) is 6.61 Å². The van der Waals surface area contributed by atoms with E-state index >= 15 is 0 Å². The predicted molar refractivity (Wildman–Crippen MR) is 81.5 cm³/mol. The molecule has 4 heteroatoms. The van der Waals surface area contributed by atoms with E-state index in [1.165, 1.54) is 0 Å². The van der Waals surface area contributed by atoms with Crippen LogP contribution < -0.4 is 0 Å². The van der Waals surface area contributed by atoms with Crippen LogP contribution in [-0.4, -0.2) is 30.6 Å². The lowest BCUT2D eigenvalue weighted by Crippen LogP contribution is -2.61. The summed E-state index contributed by atoms with van der Waals surface area (Å²) in [6.07, 6.45) is 1.41. The summed E-state index contributed by atoms with van der Waals surface area (Å²) in [5, 5.41) is 0. The molecule has 3 rings (SSSR count). The summed E-state index contributed by atoms with van der Waals surface area (Å²) in [7, 11) is 0. The maximum absolute atomic E-state index is 12.0. The molecular weight excluding hydrogens is 280 g/mol. The Morgan fingerprint density at radius 3 is 2.68 bits per heavy atom. The van der Waals surface area contributed by atoms with Crippen LogP contribution in [0.4, 0.5) is 0 Å². The first-order valence-electron chi connectivity index (χ1n) is 7.89. The van der Waals surface area contributed by atoms with Gasteiger partial charge in [-0.25, -0.2) is 0 Å². The van der Waals surface area contributed by atoms with Gasteiger partial charge in [-0.2, -0.15) is 0 Å². The second-order valence-corrected chi connectivity index (χ2v) is 6.76. The van der Waals surface area contributed by atoms with Gasteiger partial charge >= 0.3 is 5.97 Å². The topological polar surface area (TPSA) is 52.6 Å². The van der Waals surface area contributed by atoms with Crippen molar-refractivity contribution in [2.45, 2.75) is 45.3 Å². The minimum Gasteiger partial charge on any atom is -0.461 e. The lowest BCUT2D eigenvalue weighted by molar-refractivity contribution is -0.210. The molecule has 0 bridgehead atoms. The van der Waals surface area contributed by atoms with E-state index in [9.17, 15) is 9.59 Å². The van der Waals surface area contributed by atoms with Gasteiger partial charge in [0.2, 0.25) is 0 Å². The zero-order chi connectivity index (χ0) is 15.7. The summed E-state index contributed by atoms with van der Waals surface area (Å²) >= 11 is 0. The average Bonchev–Trinajstić information content (AvgIpc) is 2.98. The summed E-state index contributed by atoms with van der Waals surface area (Å²) < 4.78 is 11.3. The summed E-state index contributed by atoms with van der Waals surface area (Å²) in [5.74, 6) is 0.0176. The smallest absolute Gasteiger partial charge is 0.306 e. The van der Waals surface area contributed by atoms with Crippen LogP contribution in [0.3, 0.4) is 0 Å². The molecule has 0 aromatic heterocycles. The van der Waals surface area contributed by atoms with Crippen molar-refractivity contribution in [1.29, 1.82) is 0 Å². The van der Waals surface area contributed by atoms with Crippen molar-refractivity contribution in [1.82, 2.24) is 0 Å². The van der Waals surface area contributed by atoms with Crippen molar-refractivity contribution >= 4 is 11.8 Å². The minimum atomic E-state index is -0.285. The van der Waals surface area contributed by atoms with Crippen LogP contribution in [0.5, 0.6) is 0 Å². The maximum Gasteiger partial charge on any atom is 0.306 e. The van der Waals surface area contributed by atoms with E-state index in [4.69, 9.17) is 9.47 Å². The zero-order valence-electron chi connectivity index (χ0n) is 13.1. The molecule has 0 radical (unpaired) electrons. The van der Waals surface area contributed by atoms with E-state index in [1.54, 1.807) is 12.1 Å². The van der Waals surface area contributed by atoms with Crippen LogP contribution in [0.15, 0.2) is 30.3 Å². The fourth-order valence-corrected chi connectivity index (χ4v) is 3.70. The fraction of sp³-hybridized carbons (Fsp3) is 0.556. The first kappa shape index (κ1) is 15.2. The molecule has 1 aliphatic carbocycles. The number of ether oxygens (including phenoxy) is 2. The molecule has 2 fully saturated rings. The molecule has 1 aliphatic heterocycles. The summed E-state index contributed by atoms with van der Waals surface area (Å²) in [6.45, 7) is 4.90. The normalized spacial score (nSPS) is 28.5. The van der Waals surface area contributed by atoms with Crippen LogP contribution in [0.25, 0.3) is 0 Å². The van der Waals surface area contributed by atoms with E-state index in [0.29, 0.717) is 11.5 Å². The van der Waals surface area contributed by atoms with Gasteiger partial charge in [-0.05, 0) is 6.42 Å². The Hall–Kier alpha value is -1.68. The third kappa shape index (κ3) is 2.68. The number of hydrogen-bond acceptors (Lipinski definition) is 4. The summed E-state index contributed by atoms with van der Waals surface area (Å²) in [4.78, 5) is 24.0. The molecular formula is C18H22O4. The highest BCUT2D eigenvalue weighted by molar-refractivity contribution is 5.97. The highest BCUT2D eigenvalue weighted by Gasteiger charge is 2.61. The van der Waals surface area contributed by atoms with Gasteiger partial charge in [0.1, 0.15) is 6.10 Å². The van der Waals surface area contributed by atoms with Crippen LogP contribution >= 0.6 is 0 Å². The lowest BCUT2D eigenvalue weighted by Gasteiger charge is -2.53. The van der Waals surface area contributed by atoms with Gasteiger partial charge in [-0.1, -0.05) is 44.2 Å². The Bertz CT molecular complexity index is 564. The average molecular weight is 302 g/mol. The fourth-order valence-electron chi connectivity index (χ4n) is 3.70. The Morgan fingerprint density at radius 2 is 1.95 bits per heavy atom. The van der Waals surface area contributed by atoms with Gasteiger partial charge in [0.15, 0.2) is 5.78 Å². The molecule has 22 heavy (non-hydrogen) atoms. The maximum atomic E-state index is 12.0. The summed E-state index contributed by atoms with van der Waals surface area (Å²) in [5.41, 5.74) is 0.517. The molecule has 2 aliphatic rings. The quantitative estimate of drug-likeness (QED) is 0.620. The lowest BCUT2D eigenvalue weighted by atomic mass is 9.59. The number of Topliss-reactive ketones (excluding diaryl/α,β-unsaturated/α-hetero) is 1. The van der Waals surface area contributed by atoms with E-state index < -0.39 is 0 Å². The second-order valence-electron chi connectivity index (χ2n) is 6.76. The van der Waals surface area contributed by atoms with Crippen LogP contribution in [-0.2, 0) is 14.3 Å². The first-order valence-corrected chi connectivity index (χ1v) is 7.89. The number of ketones is 1. The number of esters is 1. The van der Waals surface area contributed by atoms with Crippen molar-refractivity contribution in [2.24, 2.45) is 11.3 Å². The zero-order valence-corrected chi connectivity index (χ0v) is 13.1. The van der Waals surface area contributed by atoms with Gasteiger partial charge in [0, 0.05) is 29.9 Å². The Kier molecular flexibility index (Phi) is 4.04. The Labute approximate surface area is 130 Å². The highest BCUT2D eigenvalue weighted by Crippen LogP contribution is 2.53. The monoisotopic (exact) mass is 302 g/mol. The minimum absolute atomic E-state index is 0.0208. The predicted octanol–water partition coefficient (Wildman–Crippen LogP) is 3.01. The molecule has 1 saturated heterocycles. The standard InChI is InChI=1S/C18H22O4/c1-18(2)16-13(10-11-21-16)17(18)22-15(20)9-8-14(19)12-6-4-3-5-7-12/h3-7,13,16-17H,8-11H2,1-2H3/t13-,16-,17+/m1/s1. The third-order valence-electron chi connectivity index (χ3n) is 4.90. The van der Waals surface area contributed by atoms with Crippen molar-refractivity contribution < 1.29 is 19.1 Å². The molecule has 118 valence electrons. The van der Waals surface area contributed by atoms with E-state index in [0.717, 1.165) is 13.0 Å². The van der Waals surface area contributed by atoms with Crippen LogP contribution in [0.2, 0.25) is 0 Å². The number of carbonyl (C=O) groups excluding carboxylic acids is 2. The van der Waals surface area contributed by atoms with Gasteiger partial charge in [-0.15, -0.1) is 0 Å². The van der Waals surface area contributed by atoms with Crippen molar-refractivity contribution in [3.05, 3.63) is 35.9 Å². The molecule has 0 spiro atoms. The van der Waals surface area contributed by atoms with Crippen LogP contribution in [0, 0.1) is 11.3 Å². The SMILES string of the molecule is CC1(C)[C@@H]2OCC[C@H]2[C@@H]1OC(=O)CCC(=O)c1ccccc1. The molecule has 0 unspecified atom stereocenters. The highest BCUT2D eigenvalue weighted by atomic mass is 16.6. The molecule has 1 aromatic carbocycles. The van der Waals surface area contributed by atoms with E-state index in [-0.39, 0.29) is 42.2 Å². The van der Waals surface area contributed by atoms with E-state index in [2.05, 4.69) is 13.8 Å². The summed E-state index contributed by atoms with van der Waals surface area (Å²) in [6, 6.07) is 9.04. The molecule has 0 amide bonds. The number of carbonyl (C=O) groups is 2.